The zero-order valence-corrected chi connectivity index (χ0v) is 13.8. The first-order valence-corrected chi connectivity index (χ1v) is 8.78. The molecule has 1 aliphatic carbocycles. The molecule has 1 N–H and O–H groups in total. The predicted octanol–water partition coefficient (Wildman–Crippen LogP) is 5.01. The summed E-state index contributed by atoms with van der Waals surface area (Å²) in [5.74, 6) is -0.455. The highest BCUT2D eigenvalue weighted by Crippen LogP contribution is 2.42. The average molecular weight is 353 g/mol. The zero-order chi connectivity index (χ0) is 17.2. The molecule has 1 saturated carbocycles. The molecule has 0 radical (unpaired) electrons. The molecular formula is C18H18F3NOS. The van der Waals surface area contributed by atoms with Crippen LogP contribution in [0.5, 0.6) is 0 Å². The van der Waals surface area contributed by atoms with Gasteiger partial charge in [0.05, 0.1) is 5.56 Å². The lowest BCUT2D eigenvalue weighted by Gasteiger charge is -2.28. The number of carbonyl (C=O) groups is 1. The molecule has 1 aromatic carbocycles. The largest absolute Gasteiger partial charge is 0.416 e. The molecule has 2 nitrogen and oxygen atoms in total. The van der Waals surface area contributed by atoms with Gasteiger partial charge in [-0.25, -0.2) is 0 Å². The van der Waals surface area contributed by atoms with Crippen LogP contribution in [0.15, 0.2) is 41.8 Å². The Kier molecular flexibility index (Phi) is 4.67. The fourth-order valence-electron chi connectivity index (χ4n) is 3.33. The maximum Gasteiger partial charge on any atom is 0.416 e. The summed E-state index contributed by atoms with van der Waals surface area (Å²) in [7, 11) is 0. The summed E-state index contributed by atoms with van der Waals surface area (Å²) in [6.45, 7) is 0.461. The van der Waals surface area contributed by atoms with Crippen molar-refractivity contribution >= 4 is 17.2 Å². The summed E-state index contributed by atoms with van der Waals surface area (Å²) in [6.07, 6.45) is -0.235. The monoisotopic (exact) mass is 353 g/mol. The molecule has 0 spiro atoms. The number of halogens is 3. The first-order chi connectivity index (χ1) is 11.4. The Bertz CT molecular complexity index is 703. The van der Waals surface area contributed by atoms with Gasteiger partial charge in [-0.15, -0.1) is 11.3 Å². The number of rotatable bonds is 4. The third kappa shape index (κ3) is 3.48. The standard InChI is InChI=1S/C18H18F3NOS/c19-18(20,21)14-6-3-5-13(11-14)16(23)22-12-17(8-1-2-9-17)15-7-4-10-24-15/h3-7,10-11H,1-2,8-9,12H2,(H,22,23). The molecule has 128 valence electrons. The van der Waals surface area contributed by atoms with Gasteiger partial charge in [-0.05, 0) is 42.5 Å². The molecule has 0 saturated heterocycles. The summed E-state index contributed by atoms with van der Waals surface area (Å²) >= 11 is 1.67. The quantitative estimate of drug-likeness (QED) is 0.823. The molecule has 0 unspecified atom stereocenters. The van der Waals surface area contributed by atoms with E-state index in [1.807, 2.05) is 11.4 Å². The smallest absolute Gasteiger partial charge is 0.351 e. The first kappa shape index (κ1) is 17.0. The van der Waals surface area contributed by atoms with Gasteiger partial charge >= 0.3 is 6.18 Å². The molecule has 1 heterocycles. The van der Waals surface area contributed by atoms with Crippen LogP contribution < -0.4 is 5.32 Å². The maximum atomic E-state index is 12.8. The van der Waals surface area contributed by atoms with E-state index in [9.17, 15) is 18.0 Å². The summed E-state index contributed by atoms with van der Waals surface area (Å²) in [4.78, 5) is 13.6. The van der Waals surface area contributed by atoms with E-state index in [0.717, 1.165) is 37.8 Å². The molecule has 0 atom stereocenters. The Morgan fingerprint density at radius 3 is 2.54 bits per heavy atom. The van der Waals surface area contributed by atoms with Gasteiger partial charge in [0.15, 0.2) is 0 Å². The number of benzene rings is 1. The van der Waals surface area contributed by atoms with Crippen LogP contribution in [-0.2, 0) is 11.6 Å². The van der Waals surface area contributed by atoms with Crippen LogP contribution in [-0.4, -0.2) is 12.5 Å². The third-order valence-electron chi connectivity index (χ3n) is 4.64. The van der Waals surface area contributed by atoms with Crippen molar-refractivity contribution in [1.29, 1.82) is 0 Å². The minimum absolute atomic E-state index is 0.0455. The second-order valence-electron chi connectivity index (χ2n) is 6.23. The van der Waals surface area contributed by atoms with E-state index < -0.39 is 17.6 Å². The number of thiophene rings is 1. The van der Waals surface area contributed by atoms with Crippen molar-refractivity contribution < 1.29 is 18.0 Å². The van der Waals surface area contributed by atoms with Crippen molar-refractivity contribution in [3.8, 4) is 0 Å². The van der Waals surface area contributed by atoms with E-state index in [4.69, 9.17) is 0 Å². The number of carbonyl (C=O) groups excluding carboxylic acids is 1. The normalized spacial score (nSPS) is 17.0. The zero-order valence-electron chi connectivity index (χ0n) is 13.0. The summed E-state index contributed by atoms with van der Waals surface area (Å²) in [5, 5.41) is 4.87. The number of hydrogen-bond donors (Lipinski definition) is 1. The van der Waals surface area contributed by atoms with Crippen LogP contribution in [0.2, 0.25) is 0 Å². The minimum Gasteiger partial charge on any atom is -0.351 e. The van der Waals surface area contributed by atoms with E-state index in [0.29, 0.717) is 6.54 Å². The third-order valence-corrected chi connectivity index (χ3v) is 5.76. The Morgan fingerprint density at radius 1 is 1.17 bits per heavy atom. The highest BCUT2D eigenvalue weighted by Gasteiger charge is 2.37. The van der Waals surface area contributed by atoms with Gasteiger partial charge in [-0.3, -0.25) is 4.79 Å². The second kappa shape index (κ2) is 6.59. The van der Waals surface area contributed by atoms with Crippen molar-refractivity contribution in [3.63, 3.8) is 0 Å². The fourth-order valence-corrected chi connectivity index (χ4v) is 4.32. The molecule has 1 fully saturated rings. The van der Waals surface area contributed by atoms with Gasteiger partial charge in [0.25, 0.3) is 5.91 Å². The molecule has 1 aromatic heterocycles. The molecule has 0 bridgehead atoms. The van der Waals surface area contributed by atoms with Crippen LogP contribution in [0, 0.1) is 0 Å². The Balaban J connectivity index is 1.73. The molecular weight excluding hydrogens is 335 g/mol. The van der Waals surface area contributed by atoms with Crippen LogP contribution >= 0.6 is 11.3 Å². The second-order valence-corrected chi connectivity index (χ2v) is 7.17. The van der Waals surface area contributed by atoms with Gasteiger partial charge in [0.1, 0.15) is 0 Å². The fraction of sp³-hybridized carbons (Fsp3) is 0.389. The molecule has 6 heteroatoms. The van der Waals surface area contributed by atoms with E-state index >= 15 is 0 Å². The van der Waals surface area contributed by atoms with Crippen molar-refractivity contribution in [2.45, 2.75) is 37.3 Å². The SMILES string of the molecule is O=C(NCC1(c2cccs2)CCCC1)c1cccc(C(F)(F)F)c1. The van der Waals surface area contributed by atoms with Crippen molar-refractivity contribution in [2.75, 3.05) is 6.54 Å². The van der Waals surface area contributed by atoms with E-state index in [1.165, 1.54) is 17.0 Å². The molecule has 1 amide bonds. The van der Waals surface area contributed by atoms with Crippen molar-refractivity contribution in [1.82, 2.24) is 5.32 Å². The summed E-state index contributed by atoms with van der Waals surface area (Å²) in [6, 6.07) is 8.63. The van der Waals surface area contributed by atoms with Crippen molar-refractivity contribution in [3.05, 3.63) is 57.8 Å². The number of nitrogens with one attached hydrogen (secondary N) is 1. The summed E-state index contributed by atoms with van der Waals surface area (Å²) in [5.41, 5.74) is -0.834. The Morgan fingerprint density at radius 2 is 1.92 bits per heavy atom. The van der Waals surface area contributed by atoms with Gasteiger partial charge in [-0.1, -0.05) is 25.0 Å². The summed E-state index contributed by atoms with van der Waals surface area (Å²) < 4.78 is 38.3. The van der Waals surface area contributed by atoms with E-state index in [-0.39, 0.29) is 11.0 Å². The highest BCUT2D eigenvalue weighted by molar-refractivity contribution is 7.10. The molecule has 1 aliphatic rings. The van der Waals surface area contributed by atoms with Gasteiger partial charge < -0.3 is 5.32 Å². The molecule has 0 aliphatic heterocycles. The van der Waals surface area contributed by atoms with Crippen LogP contribution in [0.4, 0.5) is 13.2 Å². The first-order valence-electron chi connectivity index (χ1n) is 7.90. The topological polar surface area (TPSA) is 29.1 Å². The predicted molar refractivity (Wildman–Crippen MR) is 88.2 cm³/mol. The maximum absolute atomic E-state index is 12.8. The van der Waals surface area contributed by atoms with Crippen LogP contribution in [0.25, 0.3) is 0 Å². The lowest BCUT2D eigenvalue weighted by atomic mass is 9.84. The molecule has 2 aromatic rings. The average Bonchev–Trinajstić information content (AvgIpc) is 3.24. The van der Waals surface area contributed by atoms with Gasteiger partial charge in [0, 0.05) is 22.4 Å². The Hall–Kier alpha value is -1.82. The van der Waals surface area contributed by atoms with Gasteiger partial charge in [-0.2, -0.15) is 13.2 Å². The minimum atomic E-state index is -4.44. The van der Waals surface area contributed by atoms with Crippen LogP contribution in [0.1, 0.15) is 46.5 Å². The van der Waals surface area contributed by atoms with E-state index in [2.05, 4.69) is 11.4 Å². The van der Waals surface area contributed by atoms with Gasteiger partial charge in [0.2, 0.25) is 0 Å². The van der Waals surface area contributed by atoms with Crippen LogP contribution in [0.3, 0.4) is 0 Å². The molecule has 3 rings (SSSR count). The lowest BCUT2D eigenvalue weighted by molar-refractivity contribution is -0.137. The lowest BCUT2D eigenvalue weighted by Crippen LogP contribution is -2.38. The van der Waals surface area contributed by atoms with Crippen molar-refractivity contribution in [2.24, 2.45) is 0 Å². The molecule has 24 heavy (non-hydrogen) atoms. The number of hydrogen-bond acceptors (Lipinski definition) is 2. The van der Waals surface area contributed by atoms with E-state index in [1.54, 1.807) is 11.3 Å². The Labute approximate surface area is 142 Å². The highest BCUT2D eigenvalue weighted by atomic mass is 32.1. The number of amides is 1. The number of alkyl halides is 3.